The molecule has 1 unspecified atom stereocenters. The summed E-state index contributed by atoms with van der Waals surface area (Å²) in [4.78, 5) is 9.41. The summed E-state index contributed by atoms with van der Waals surface area (Å²) in [6, 6.07) is 27.4. The average molecular weight is 579 g/mol. The lowest BCUT2D eigenvalue weighted by Crippen LogP contribution is -2.15. The number of benzene rings is 4. The lowest BCUT2D eigenvalue weighted by Gasteiger charge is -2.28. The summed E-state index contributed by atoms with van der Waals surface area (Å²) in [6.45, 7) is 8.09. The van der Waals surface area contributed by atoms with Crippen LogP contribution >= 0.6 is 0 Å². The Kier molecular flexibility index (Phi) is 12.6. The Labute approximate surface area is 259 Å². The molecular formula is C40H50O3. The van der Waals surface area contributed by atoms with Crippen LogP contribution in [0.1, 0.15) is 82.3 Å². The fraction of sp³-hybridized carbons (Fsp3) is 0.425. The number of aldehydes is 1. The summed E-state index contributed by atoms with van der Waals surface area (Å²) in [6.07, 6.45) is 12.5. The van der Waals surface area contributed by atoms with Gasteiger partial charge in [-0.25, -0.2) is 0 Å². The molecule has 1 aliphatic rings. The van der Waals surface area contributed by atoms with Crippen molar-refractivity contribution >= 4 is 27.8 Å². The zero-order chi connectivity index (χ0) is 30.6. The van der Waals surface area contributed by atoms with Gasteiger partial charge in [0.15, 0.2) is 0 Å². The van der Waals surface area contributed by atoms with Gasteiger partial charge in [0.25, 0.3) is 0 Å². The molecule has 0 spiro atoms. The second kappa shape index (κ2) is 16.5. The van der Waals surface area contributed by atoms with Crippen LogP contribution in [0.4, 0.5) is 0 Å². The van der Waals surface area contributed by atoms with E-state index >= 15 is 0 Å². The van der Waals surface area contributed by atoms with Crippen LogP contribution in [0.3, 0.4) is 0 Å². The molecule has 43 heavy (non-hydrogen) atoms. The van der Waals surface area contributed by atoms with E-state index < -0.39 is 0 Å². The van der Waals surface area contributed by atoms with Gasteiger partial charge in [-0.1, -0.05) is 113 Å². The molecule has 0 aromatic heterocycles. The number of methoxy groups -OCH3 is 1. The first-order valence-corrected chi connectivity index (χ1v) is 16.2. The number of rotatable bonds is 12. The van der Waals surface area contributed by atoms with Crippen molar-refractivity contribution < 1.29 is 14.6 Å². The van der Waals surface area contributed by atoms with E-state index in [1.54, 1.807) is 14.0 Å². The number of fused-ring (bicyclic) bond motifs is 2. The fourth-order valence-corrected chi connectivity index (χ4v) is 6.62. The van der Waals surface area contributed by atoms with E-state index in [4.69, 9.17) is 4.74 Å². The maximum atomic E-state index is 9.44. The van der Waals surface area contributed by atoms with E-state index in [1.165, 1.54) is 95.2 Å². The molecule has 0 saturated heterocycles. The summed E-state index contributed by atoms with van der Waals surface area (Å²) in [5.74, 6) is 2.14. The number of carbonyl (C=O) groups is 1. The monoisotopic (exact) mass is 578 g/mol. The van der Waals surface area contributed by atoms with Crippen molar-refractivity contribution in [3.63, 3.8) is 0 Å². The predicted molar refractivity (Wildman–Crippen MR) is 183 cm³/mol. The largest absolute Gasteiger partial charge is 0.396 e. The van der Waals surface area contributed by atoms with Gasteiger partial charge in [0.1, 0.15) is 6.29 Å². The Morgan fingerprint density at radius 2 is 1.40 bits per heavy atom. The van der Waals surface area contributed by atoms with E-state index in [0.29, 0.717) is 12.2 Å². The van der Waals surface area contributed by atoms with Gasteiger partial charge in [-0.15, -0.1) is 0 Å². The Bertz CT molecular complexity index is 1470. The normalized spacial score (nSPS) is 17.3. The van der Waals surface area contributed by atoms with Crippen molar-refractivity contribution in [2.75, 3.05) is 20.3 Å². The third-order valence-electron chi connectivity index (χ3n) is 9.12. The maximum Gasteiger partial charge on any atom is 0.145 e. The van der Waals surface area contributed by atoms with Crippen molar-refractivity contribution in [1.82, 2.24) is 0 Å². The molecule has 1 saturated carbocycles. The molecule has 228 valence electrons. The van der Waals surface area contributed by atoms with E-state index in [1.807, 2.05) is 0 Å². The highest BCUT2D eigenvalue weighted by molar-refractivity contribution is 5.91. The van der Waals surface area contributed by atoms with Gasteiger partial charge in [0.05, 0.1) is 6.61 Å². The van der Waals surface area contributed by atoms with Gasteiger partial charge in [-0.3, -0.25) is 4.79 Å². The highest BCUT2D eigenvalue weighted by Crippen LogP contribution is 2.34. The van der Waals surface area contributed by atoms with E-state index in [9.17, 15) is 9.90 Å². The highest BCUT2D eigenvalue weighted by Gasteiger charge is 2.20. The van der Waals surface area contributed by atoms with Gasteiger partial charge in [-0.2, -0.15) is 0 Å². The molecule has 0 heterocycles. The number of aryl methyl sites for hydroxylation is 1. The van der Waals surface area contributed by atoms with Crippen molar-refractivity contribution in [3.05, 3.63) is 96.1 Å². The maximum absolute atomic E-state index is 9.44. The molecule has 1 atom stereocenters. The zero-order valence-corrected chi connectivity index (χ0v) is 26.5. The lowest BCUT2D eigenvalue weighted by atomic mass is 9.78. The third-order valence-corrected chi connectivity index (χ3v) is 9.12. The molecule has 0 aliphatic heterocycles. The van der Waals surface area contributed by atoms with Crippen molar-refractivity contribution in [2.45, 2.75) is 77.6 Å². The topological polar surface area (TPSA) is 46.5 Å². The van der Waals surface area contributed by atoms with E-state index in [0.717, 1.165) is 24.5 Å². The molecule has 4 aromatic carbocycles. The molecule has 3 nitrogen and oxygen atoms in total. The molecule has 0 bridgehead atoms. The standard InChI is InChI=1S/C36H44O2.C4H6O/c1-3-4-26-5-7-27(8-6-26)9-10-28-11-12-30-22-31(14-13-29(30)21-28)32-15-16-34-24-35(18-17-33(34)23-32)36(19-20-37)25-38-2;1-4(2)3-5/h11-18,21-24,26-27,36-37H,3-10,19-20,25H2,1-2H3;3H,1H2,2H3. The van der Waals surface area contributed by atoms with E-state index in [2.05, 4.69) is 86.3 Å². The molecule has 1 N–H and O–H groups in total. The number of allylic oxidation sites excluding steroid dienone is 1. The molecule has 1 fully saturated rings. The Balaban J connectivity index is 0.000000782. The first-order chi connectivity index (χ1) is 20.9. The molecule has 0 amide bonds. The first kappa shape index (κ1) is 32.6. The Morgan fingerprint density at radius 1 is 0.860 bits per heavy atom. The number of ether oxygens (including phenoxy) is 1. The SMILES string of the molecule is C=C(C)C=O.CCCC1CCC(CCc2ccc3cc(-c4ccc5cc(C(CCO)COC)ccc5c4)ccc3c2)CC1. The van der Waals surface area contributed by atoms with Crippen LogP contribution in [0.25, 0.3) is 32.7 Å². The summed E-state index contributed by atoms with van der Waals surface area (Å²) in [5.41, 5.74) is 5.79. The Morgan fingerprint density at radius 3 is 1.95 bits per heavy atom. The molecular weight excluding hydrogens is 528 g/mol. The average Bonchev–Trinajstić information content (AvgIpc) is 3.04. The Hall–Kier alpha value is -3.27. The molecule has 0 radical (unpaired) electrons. The first-order valence-electron chi connectivity index (χ1n) is 16.2. The highest BCUT2D eigenvalue weighted by atomic mass is 16.5. The quantitative estimate of drug-likeness (QED) is 0.134. The van der Waals surface area contributed by atoms with Gasteiger partial charge in [-0.05, 0) is 99.5 Å². The van der Waals surface area contributed by atoms with Gasteiger partial charge < -0.3 is 9.84 Å². The molecule has 3 heteroatoms. The minimum Gasteiger partial charge on any atom is -0.396 e. The van der Waals surface area contributed by atoms with Crippen LogP contribution < -0.4 is 0 Å². The number of hydrogen-bond acceptors (Lipinski definition) is 3. The second-order valence-electron chi connectivity index (χ2n) is 12.6. The zero-order valence-electron chi connectivity index (χ0n) is 26.5. The van der Waals surface area contributed by atoms with Crippen LogP contribution in [0.5, 0.6) is 0 Å². The van der Waals surface area contributed by atoms with Crippen molar-refractivity contribution in [1.29, 1.82) is 0 Å². The van der Waals surface area contributed by atoms with E-state index in [-0.39, 0.29) is 12.5 Å². The van der Waals surface area contributed by atoms with Crippen LogP contribution in [0.2, 0.25) is 0 Å². The van der Waals surface area contributed by atoms with Crippen molar-refractivity contribution in [3.8, 4) is 11.1 Å². The van der Waals surface area contributed by atoms with Gasteiger partial charge >= 0.3 is 0 Å². The van der Waals surface area contributed by atoms with Crippen LogP contribution in [-0.2, 0) is 16.0 Å². The number of aliphatic hydroxyl groups is 1. The summed E-state index contributed by atoms with van der Waals surface area (Å²) in [5, 5.41) is 14.6. The van der Waals surface area contributed by atoms with Gasteiger partial charge in [0, 0.05) is 19.6 Å². The van der Waals surface area contributed by atoms with Crippen LogP contribution in [-0.4, -0.2) is 31.7 Å². The molecule has 5 rings (SSSR count). The number of hydrogen-bond donors (Lipinski definition) is 1. The second-order valence-corrected chi connectivity index (χ2v) is 12.6. The number of aliphatic hydroxyl groups excluding tert-OH is 1. The summed E-state index contributed by atoms with van der Waals surface area (Å²) < 4.78 is 5.38. The lowest BCUT2D eigenvalue weighted by molar-refractivity contribution is -0.104. The predicted octanol–water partition coefficient (Wildman–Crippen LogP) is 10.1. The number of carbonyl (C=O) groups excluding carboxylic acids is 1. The summed E-state index contributed by atoms with van der Waals surface area (Å²) >= 11 is 0. The summed E-state index contributed by atoms with van der Waals surface area (Å²) in [7, 11) is 1.72. The smallest absolute Gasteiger partial charge is 0.145 e. The van der Waals surface area contributed by atoms with Gasteiger partial charge in [0.2, 0.25) is 0 Å². The molecule has 1 aliphatic carbocycles. The van der Waals surface area contributed by atoms with Crippen molar-refractivity contribution in [2.24, 2.45) is 11.8 Å². The fourth-order valence-electron chi connectivity index (χ4n) is 6.62. The third kappa shape index (κ3) is 9.36. The molecule has 4 aromatic rings. The van der Waals surface area contributed by atoms with Crippen LogP contribution in [0, 0.1) is 11.8 Å². The minimum absolute atomic E-state index is 0.175. The van der Waals surface area contributed by atoms with Crippen LogP contribution in [0.15, 0.2) is 84.9 Å². The minimum atomic E-state index is 0.175.